The van der Waals surface area contributed by atoms with Gasteiger partial charge in [0.15, 0.2) is 5.82 Å². The summed E-state index contributed by atoms with van der Waals surface area (Å²) in [6.07, 6.45) is 4.95. The molecule has 0 aliphatic heterocycles. The number of benzene rings is 1. The monoisotopic (exact) mass is 330 g/mol. The van der Waals surface area contributed by atoms with Crippen LogP contribution >= 0.6 is 0 Å². The van der Waals surface area contributed by atoms with Gasteiger partial charge in [-0.3, -0.25) is 4.79 Å². The summed E-state index contributed by atoms with van der Waals surface area (Å²) in [5.74, 6) is -2.20. The molecule has 0 bridgehead atoms. The van der Waals surface area contributed by atoms with E-state index in [0.29, 0.717) is 22.9 Å². The van der Waals surface area contributed by atoms with Crippen molar-refractivity contribution in [2.24, 2.45) is 0 Å². The van der Waals surface area contributed by atoms with Gasteiger partial charge in [0.2, 0.25) is 23.6 Å². The topological polar surface area (TPSA) is 97.9 Å². The van der Waals surface area contributed by atoms with Gasteiger partial charge >= 0.3 is 0 Å². The number of H-pyrrole nitrogens is 2. The normalized spacial score (nSPS) is 14.1. The third-order valence-corrected chi connectivity index (χ3v) is 4.03. The number of nitrogens with two attached hydrogens (primary N) is 1. The molecule has 0 atom stereocenters. The van der Waals surface area contributed by atoms with E-state index in [1.54, 1.807) is 0 Å². The number of hydrogen-bond donors (Lipinski definition) is 3. The molecule has 1 fully saturated rings. The van der Waals surface area contributed by atoms with Crippen LogP contribution in [0.15, 0.2) is 24.7 Å². The number of nitrogens with one attached hydrogen (secondary N) is 3. The zero-order chi connectivity index (χ0) is 16.8. The molecule has 4 rings (SSSR count). The first-order valence-corrected chi connectivity index (χ1v) is 7.48. The van der Waals surface area contributed by atoms with Gasteiger partial charge in [0.1, 0.15) is 11.2 Å². The third-order valence-electron chi connectivity index (χ3n) is 4.03. The highest BCUT2D eigenvalue weighted by Gasteiger charge is 2.30. The second kappa shape index (κ2) is 5.26. The van der Waals surface area contributed by atoms with Crippen LogP contribution < -0.4 is 16.0 Å². The van der Waals surface area contributed by atoms with Crippen molar-refractivity contribution in [2.45, 2.75) is 18.9 Å². The summed E-state index contributed by atoms with van der Waals surface area (Å²) in [6, 6.07) is 2.39. The van der Waals surface area contributed by atoms with Crippen LogP contribution in [0.2, 0.25) is 0 Å². The van der Waals surface area contributed by atoms with Gasteiger partial charge in [0.25, 0.3) is 0 Å². The first kappa shape index (κ1) is 14.6. The number of halogens is 2. The molecule has 6 nitrogen and oxygen atoms in total. The summed E-state index contributed by atoms with van der Waals surface area (Å²) in [5, 5.41) is 3.72. The summed E-state index contributed by atoms with van der Waals surface area (Å²) >= 11 is 0. The highest BCUT2D eigenvalue weighted by Crippen LogP contribution is 2.30. The minimum Gasteiger partial charge on any atom is -0.396 e. The lowest BCUT2D eigenvalue weighted by molar-refractivity contribution is -0.364. The Balaban J connectivity index is 1.87. The van der Waals surface area contributed by atoms with E-state index in [1.807, 2.05) is 0 Å². The number of hydrogen-bond acceptors (Lipinski definition) is 4. The van der Waals surface area contributed by atoms with Crippen molar-refractivity contribution < 1.29 is 18.6 Å². The predicted molar refractivity (Wildman–Crippen MR) is 83.5 cm³/mol. The molecule has 2 heterocycles. The van der Waals surface area contributed by atoms with Gasteiger partial charge < -0.3 is 16.0 Å². The number of aromatic amines is 2. The number of rotatable bonds is 4. The van der Waals surface area contributed by atoms with Gasteiger partial charge in [-0.2, -0.15) is 0 Å². The largest absolute Gasteiger partial charge is 0.396 e. The van der Waals surface area contributed by atoms with Gasteiger partial charge in [-0.25, -0.2) is 13.8 Å². The molecule has 8 heteroatoms. The maximum atomic E-state index is 14.2. The van der Waals surface area contributed by atoms with E-state index in [-0.39, 0.29) is 11.3 Å². The van der Waals surface area contributed by atoms with Gasteiger partial charge in [-0.15, -0.1) is 0 Å². The van der Waals surface area contributed by atoms with Gasteiger partial charge in [-0.05, 0) is 25.0 Å². The first-order valence-electron chi connectivity index (χ1n) is 7.48. The zero-order valence-corrected chi connectivity index (χ0v) is 12.5. The second-order valence-corrected chi connectivity index (χ2v) is 5.78. The predicted octanol–water partition coefficient (Wildman–Crippen LogP) is 2.04. The van der Waals surface area contributed by atoms with Gasteiger partial charge in [0.05, 0.1) is 22.9 Å². The summed E-state index contributed by atoms with van der Waals surface area (Å²) in [4.78, 5) is 22.7. The summed E-state index contributed by atoms with van der Waals surface area (Å²) in [7, 11) is 0. The number of nitrogen functional groups attached to an aromatic ring is 1. The number of fused-ring (bicyclic) bond motifs is 1. The molecular formula is C16H14F2N5O+. The van der Waals surface area contributed by atoms with Crippen LogP contribution in [-0.4, -0.2) is 21.8 Å². The molecule has 5 N–H and O–H groups in total. The molecule has 2 aromatic heterocycles. The van der Waals surface area contributed by atoms with Crippen molar-refractivity contribution >= 4 is 28.3 Å². The van der Waals surface area contributed by atoms with E-state index < -0.39 is 23.0 Å². The number of ketones is 1. The van der Waals surface area contributed by atoms with Crippen LogP contribution in [-0.2, 0) is 0 Å². The molecule has 3 aromatic rings. The van der Waals surface area contributed by atoms with Crippen LogP contribution in [0.1, 0.15) is 28.8 Å². The molecule has 1 aromatic carbocycles. The maximum absolute atomic E-state index is 14.2. The molecule has 1 aliphatic rings. The molecule has 1 aliphatic carbocycles. The minimum atomic E-state index is -1.06. The van der Waals surface area contributed by atoms with Crippen molar-refractivity contribution in [1.29, 1.82) is 0 Å². The summed E-state index contributed by atoms with van der Waals surface area (Å²) in [6.45, 7) is 0. The molecule has 0 saturated heterocycles. The molecular weight excluding hydrogens is 316 g/mol. The summed E-state index contributed by atoms with van der Waals surface area (Å²) in [5.41, 5.74) is 5.09. The Hall–Kier alpha value is -3.03. The third kappa shape index (κ3) is 2.27. The Kier molecular flexibility index (Phi) is 3.19. The molecule has 0 amide bonds. The standard InChI is InChI=1S/C16H13F2N5O/c17-9-3-4-10(19)13(18)12(9)14(24)8-5-20-15-11(8)16(22-6-21-15)23-7-1-2-7/h3-7H,1-2,19H2,(H2,20,21,22,23)/p+1. The quantitative estimate of drug-likeness (QED) is 0.504. The fourth-order valence-electron chi connectivity index (χ4n) is 2.64. The van der Waals surface area contributed by atoms with Crippen molar-refractivity contribution in [3.05, 3.63) is 47.4 Å². The van der Waals surface area contributed by atoms with E-state index in [0.717, 1.165) is 25.0 Å². The van der Waals surface area contributed by atoms with Crippen molar-refractivity contribution in [2.75, 3.05) is 11.1 Å². The molecule has 0 radical (unpaired) electrons. The van der Waals surface area contributed by atoms with Crippen molar-refractivity contribution in [3.8, 4) is 0 Å². The fraction of sp³-hybridized carbons (Fsp3) is 0.188. The van der Waals surface area contributed by atoms with Crippen LogP contribution in [0.25, 0.3) is 11.0 Å². The Morgan fingerprint density at radius 1 is 1.38 bits per heavy atom. The Morgan fingerprint density at radius 2 is 2.17 bits per heavy atom. The molecule has 1 saturated carbocycles. The highest BCUT2D eigenvalue weighted by atomic mass is 19.1. The van der Waals surface area contributed by atoms with Crippen LogP contribution in [0.3, 0.4) is 0 Å². The number of aromatic nitrogens is 3. The van der Waals surface area contributed by atoms with Crippen LogP contribution in [0.4, 0.5) is 20.3 Å². The lowest BCUT2D eigenvalue weighted by Gasteiger charge is -2.06. The molecule has 122 valence electrons. The van der Waals surface area contributed by atoms with E-state index in [9.17, 15) is 13.6 Å². The van der Waals surface area contributed by atoms with E-state index in [2.05, 4.69) is 20.3 Å². The fourth-order valence-corrected chi connectivity index (χ4v) is 2.64. The smallest absolute Gasteiger partial charge is 0.232 e. The van der Waals surface area contributed by atoms with Crippen molar-refractivity contribution in [3.63, 3.8) is 0 Å². The Morgan fingerprint density at radius 3 is 2.92 bits per heavy atom. The number of nitrogens with zero attached hydrogens (tertiary/aromatic N) is 1. The van der Waals surface area contributed by atoms with Crippen LogP contribution in [0.5, 0.6) is 0 Å². The number of carbonyl (C=O) groups is 1. The van der Waals surface area contributed by atoms with E-state index >= 15 is 0 Å². The Labute approximate surface area is 135 Å². The highest BCUT2D eigenvalue weighted by molar-refractivity contribution is 6.18. The first-order chi connectivity index (χ1) is 11.6. The second-order valence-electron chi connectivity index (χ2n) is 5.78. The summed E-state index contributed by atoms with van der Waals surface area (Å²) < 4.78 is 28.2. The van der Waals surface area contributed by atoms with Crippen LogP contribution in [0, 0.1) is 11.6 Å². The lowest BCUT2D eigenvalue weighted by atomic mass is 10.0. The zero-order valence-electron chi connectivity index (χ0n) is 12.5. The number of carbonyl (C=O) groups excluding carboxylic acids is 1. The lowest BCUT2D eigenvalue weighted by Crippen LogP contribution is -2.17. The average molecular weight is 330 g/mol. The van der Waals surface area contributed by atoms with Gasteiger partial charge in [0, 0.05) is 6.20 Å². The molecule has 24 heavy (non-hydrogen) atoms. The van der Waals surface area contributed by atoms with E-state index in [1.165, 1.54) is 12.5 Å². The average Bonchev–Trinajstić information content (AvgIpc) is 3.27. The molecule has 0 unspecified atom stereocenters. The SMILES string of the molecule is Nc1ccc(F)c(C(=O)c2c[nH]c3nc[nH+]c(NC4CC4)c23)c1F. The molecule has 0 spiro atoms. The maximum Gasteiger partial charge on any atom is 0.232 e. The van der Waals surface area contributed by atoms with E-state index in [4.69, 9.17) is 5.73 Å². The van der Waals surface area contributed by atoms with Crippen molar-refractivity contribution in [1.82, 2.24) is 9.97 Å². The van der Waals surface area contributed by atoms with Gasteiger partial charge in [-0.1, -0.05) is 4.98 Å². The Bertz CT molecular complexity index is 965. The minimum absolute atomic E-state index is 0.126. The number of anilines is 2.